The lowest BCUT2D eigenvalue weighted by atomic mass is 10.1. The number of fused-ring (bicyclic) bond motifs is 1. The fraction of sp³-hybridized carbons (Fsp3) is 0.455. The summed E-state index contributed by atoms with van der Waals surface area (Å²) in [4.78, 5) is 3.94. The summed E-state index contributed by atoms with van der Waals surface area (Å²) in [6.45, 7) is 0.0664. The Labute approximate surface area is 98.0 Å². The van der Waals surface area contributed by atoms with Crippen molar-refractivity contribution in [3.05, 3.63) is 24.2 Å². The molecule has 0 saturated carbocycles. The zero-order chi connectivity index (χ0) is 11.8. The van der Waals surface area contributed by atoms with Crippen molar-refractivity contribution in [2.45, 2.75) is 25.0 Å². The van der Waals surface area contributed by atoms with E-state index in [4.69, 9.17) is 15.6 Å². The predicted molar refractivity (Wildman–Crippen MR) is 61.3 cm³/mol. The zero-order valence-corrected chi connectivity index (χ0v) is 9.28. The number of aliphatic hydroxyl groups is 1. The van der Waals surface area contributed by atoms with Crippen LogP contribution >= 0.6 is 0 Å². The average Bonchev–Trinajstić information content (AvgIpc) is 2.94. The van der Waals surface area contributed by atoms with Gasteiger partial charge in [0.2, 0.25) is 0 Å². The third-order valence-electron chi connectivity index (χ3n) is 3.15. The lowest BCUT2D eigenvalue weighted by Crippen LogP contribution is -2.12. The second-order valence-corrected chi connectivity index (χ2v) is 4.21. The van der Waals surface area contributed by atoms with Gasteiger partial charge < -0.3 is 15.6 Å². The van der Waals surface area contributed by atoms with Crippen LogP contribution in [0.3, 0.4) is 0 Å². The molecule has 2 aromatic rings. The van der Waals surface area contributed by atoms with Crippen molar-refractivity contribution in [2.75, 3.05) is 12.3 Å². The standard InChI is InChI=1S/C11H14N4O2/c12-11-9-3-2-8(15(9)14-6-13-11)10-4-1-7(5-16)17-10/h2-3,6-7,10,16H,1,4-5H2,(H2,12,13,14)/t7-,10?/m0/s1. The number of aliphatic hydroxyl groups excluding tert-OH is 1. The molecule has 90 valence electrons. The van der Waals surface area contributed by atoms with E-state index in [1.165, 1.54) is 6.33 Å². The zero-order valence-electron chi connectivity index (χ0n) is 9.28. The van der Waals surface area contributed by atoms with Crippen LogP contribution < -0.4 is 5.73 Å². The molecule has 2 aromatic heterocycles. The van der Waals surface area contributed by atoms with Gasteiger partial charge in [0.25, 0.3) is 0 Å². The Balaban J connectivity index is 1.99. The number of rotatable bonds is 2. The minimum absolute atomic E-state index is 0.0241. The number of ether oxygens (including phenoxy) is 1. The summed E-state index contributed by atoms with van der Waals surface area (Å²) in [6, 6.07) is 3.84. The molecule has 6 heteroatoms. The molecular formula is C11H14N4O2. The van der Waals surface area contributed by atoms with Crippen LogP contribution in [0.15, 0.2) is 18.5 Å². The highest BCUT2D eigenvalue weighted by molar-refractivity contribution is 5.65. The van der Waals surface area contributed by atoms with Crippen LogP contribution in [0.25, 0.3) is 5.52 Å². The molecule has 1 aliphatic heterocycles. The van der Waals surface area contributed by atoms with E-state index in [-0.39, 0.29) is 18.8 Å². The molecule has 0 spiro atoms. The van der Waals surface area contributed by atoms with Gasteiger partial charge in [0.05, 0.1) is 18.4 Å². The van der Waals surface area contributed by atoms with Crippen molar-refractivity contribution >= 4 is 11.3 Å². The first-order valence-corrected chi connectivity index (χ1v) is 5.64. The Bertz CT molecular complexity index is 539. The second-order valence-electron chi connectivity index (χ2n) is 4.21. The number of hydrogen-bond donors (Lipinski definition) is 2. The Hall–Kier alpha value is -1.66. The molecule has 3 N–H and O–H groups in total. The van der Waals surface area contributed by atoms with Crippen molar-refractivity contribution in [3.8, 4) is 0 Å². The molecule has 1 fully saturated rings. The van der Waals surface area contributed by atoms with Crippen molar-refractivity contribution < 1.29 is 9.84 Å². The number of aromatic nitrogens is 3. The molecule has 0 amide bonds. The normalized spacial score (nSPS) is 24.5. The van der Waals surface area contributed by atoms with Crippen LogP contribution in [0.1, 0.15) is 24.6 Å². The molecule has 1 aliphatic rings. The summed E-state index contributed by atoms with van der Waals surface area (Å²) in [5.74, 6) is 0.461. The van der Waals surface area contributed by atoms with Crippen LogP contribution in [0.4, 0.5) is 5.82 Å². The average molecular weight is 234 g/mol. The van der Waals surface area contributed by atoms with Crippen molar-refractivity contribution in [2.24, 2.45) is 0 Å². The van der Waals surface area contributed by atoms with Gasteiger partial charge >= 0.3 is 0 Å². The van der Waals surface area contributed by atoms with Crippen LogP contribution in [-0.4, -0.2) is 32.4 Å². The minimum Gasteiger partial charge on any atom is -0.394 e. The number of hydrogen-bond acceptors (Lipinski definition) is 5. The van der Waals surface area contributed by atoms with Gasteiger partial charge in [-0.2, -0.15) is 5.10 Å². The molecule has 1 saturated heterocycles. The number of nitrogens with zero attached hydrogens (tertiary/aromatic N) is 3. The van der Waals surface area contributed by atoms with Crippen molar-refractivity contribution in [1.29, 1.82) is 0 Å². The fourth-order valence-corrected chi connectivity index (χ4v) is 2.27. The van der Waals surface area contributed by atoms with Crippen molar-refractivity contribution in [3.63, 3.8) is 0 Å². The Morgan fingerprint density at radius 3 is 3.12 bits per heavy atom. The van der Waals surface area contributed by atoms with Gasteiger partial charge in [0, 0.05) is 0 Å². The van der Waals surface area contributed by atoms with Gasteiger partial charge in [-0.3, -0.25) is 0 Å². The SMILES string of the molecule is Nc1ncnn2c(C3CC[C@@H](CO)O3)ccc12. The summed E-state index contributed by atoms with van der Waals surface area (Å²) < 4.78 is 7.49. The quantitative estimate of drug-likeness (QED) is 0.791. The van der Waals surface area contributed by atoms with E-state index in [0.29, 0.717) is 5.82 Å². The minimum atomic E-state index is -0.0651. The number of nitrogens with two attached hydrogens (primary N) is 1. The van der Waals surface area contributed by atoms with Gasteiger partial charge in [-0.15, -0.1) is 0 Å². The molecule has 0 aliphatic carbocycles. The molecule has 17 heavy (non-hydrogen) atoms. The highest BCUT2D eigenvalue weighted by Gasteiger charge is 2.28. The van der Waals surface area contributed by atoms with Crippen LogP contribution in [0, 0.1) is 0 Å². The Kier molecular flexibility index (Phi) is 2.45. The van der Waals surface area contributed by atoms with Gasteiger partial charge in [0.1, 0.15) is 17.9 Å². The Morgan fingerprint density at radius 1 is 1.47 bits per heavy atom. The maximum atomic E-state index is 9.06. The predicted octanol–water partition coefficient (Wildman–Crippen LogP) is 0.524. The van der Waals surface area contributed by atoms with E-state index < -0.39 is 0 Å². The molecule has 0 bridgehead atoms. The summed E-state index contributed by atoms with van der Waals surface area (Å²) >= 11 is 0. The largest absolute Gasteiger partial charge is 0.394 e. The maximum Gasteiger partial charge on any atom is 0.151 e. The van der Waals surface area contributed by atoms with E-state index in [1.807, 2.05) is 12.1 Å². The van der Waals surface area contributed by atoms with Gasteiger partial charge in [-0.1, -0.05) is 0 Å². The molecule has 3 heterocycles. The first kappa shape index (κ1) is 10.5. The lowest BCUT2D eigenvalue weighted by Gasteiger charge is -2.11. The molecule has 1 unspecified atom stereocenters. The van der Waals surface area contributed by atoms with E-state index in [9.17, 15) is 0 Å². The molecule has 6 nitrogen and oxygen atoms in total. The molecule has 0 radical (unpaired) electrons. The highest BCUT2D eigenvalue weighted by Crippen LogP contribution is 2.33. The third kappa shape index (κ3) is 1.65. The first-order chi connectivity index (χ1) is 8.29. The first-order valence-electron chi connectivity index (χ1n) is 5.64. The lowest BCUT2D eigenvalue weighted by molar-refractivity contribution is 0.00856. The second kappa shape index (κ2) is 3.97. The summed E-state index contributed by atoms with van der Waals surface area (Å²) in [5, 5.41) is 13.2. The van der Waals surface area contributed by atoms with E-state index in [0.717, 1.165) is 24.1 Å². The Morgan fingerprint density at radius 2 is 2.35 bits per heavy atom. The van der Waals surface area contributed by atoms with Crippen molar-refractivity contribution in [1.82, 2.24) is 14.6 Å². The maximum absolute atomic E-state index is 9.06. The molecule has 0 aromatic carbocycles. The van der Waals surface area contributed by atoms with Gasteiger partial charge in [-0.25, -0.2) is 9.50 Å². The molecular weight excluding hydrogens is 220 g/mol. The monoisotopic (exact) mass is 234 g/mol. The highest BCUT2D eigenvalue weighted by atomic mass is 16.5. The van der Waals surface area contributed by atoms with E-state index in [2.05, 4.69) is 10.1 Å². The summed E-state index contributed by atoms with van der Waals surface area (Å²) in [7, 11) is 0. The number of nitrogen functional groups attached to an aromatic ring is 1. The smallest absolute Gasteiger partial charge is 0.151 e. The fourth-order valence-electron chi connectivity index (χ4n) is 2.27. The topological polar surface area (TPSA) is 85.7 Å². The summed E-state index contributed by atoms with van der Waals surface area (Å²) in [6.07, 6.45) is 3.11. The van der Waals surface area contributed by atoms with Crippen LogP contribution in [-0.2, 0) is 4.74 Å². The molecule has 2 atom stereocenters. The van der Waals surface area contributed by atoms with Crippen LogP contribution in [0.2, 0.25) is 0 Å². The van der Waals surface area contributed by atoms with E-state index >= 15 is 0 Å². The van der Waals surface area contributed by atoms with Crippen LogP contribution in [0.5, 0.6) is 0 Å². The van der Waals surface area contributed by atoms with E-state index in [1.54, 1.807) is 4.52 Å². The molecule has 3 rings (SSSR count). The van der Waals surface area contributed by atoms with Gasteiger partial charge in [0.15, 0.2) is 5.82 Å². The third-order valence-corrected chi connectivity index (χ3v) is 3.15. The summed E-state index contributed by atoms with van der Waals surface area (Å²) in [5.41, 5.74) is 7.52. The van der Waals surface area contributed by atoms with Gasteiger partial charge in [-0.05, 0) is 25.0 Å². The number of anilines is 1.